The van der Waals surface area contributed by atoms with Crippen molar-refractivity contribution in [1.29, 1.82) is 0 Å². The number of rotatable bonds is 7. The molecule has 0 aromatic heterocycles. The Bertz CT molecular complexity index is 821. The van der Waals surface area contributed by atoms with Crippen molar-refractivity contribution in [1.82, 2.24) is 0 Å². The molecule has 136 valence electrons. The molecule has 26 heavy (non-hydrogen) atoms. The van der Waals surface area contributed by atoms with Gasteiger partial charge in [-0.05, 0) is 41.8 Å². The molecule has 0 aliphatic rings. The number of para-hydroxylation sites is 1. The molecule has 2 N–H and O–H groups in total. The van der Waals surface area contributed by atoms with Gasteiger partial charge in [-0.25, -0.2) is 0 Å². The van der Waals surface area contributed by atoms with E-state index in [2.05, 4.69) is 30.3 Å². The van der Waals surface area contributed by atoms with Crippen LogP contribution in [-0.4, -0.2) is 13.2 Å². The molecule has 0 amide bonds. The smallest absolute Gasteiger partial charge is 0.127 e. The molecule has 0 saturated heterocycles. The van der Waals surface area contributed by atoms with Gasteiger partial charge in [0.1, 0.15) is 24.7 Å². The van der Waals surface area contributed by atoms with Crippen LogP contribution in [0.1, 0.15) is 11.1 Å². The van der Waals surface area contributed by atoms with Crippen LogP contribution >= 0.6 is 12.4 Å². The number of halogens is 1. The van der Waals surface area contributed by atoms with Crippen LogP contribution in [0.15, 0.2) is 72.8 Å². The summed E-state index contributed by atoms with van der Waals surface area (Å²) in [6.07, 6.45) is 0. The lowest BCUT2D eigenvalue weighted by molar-refractivity contribution is 0.307. The molecule has 0 spiro atoms. The Kier molecular flexibility index (Phi) is 7.52. The molecular weight excluding hydrogens is 346 g/mol. The van der Waals surface area contributed by atoms with Gasteiger partial charge in [0.25, 0.3) is 0 Å². The van der Waals surface area contributed by atoms with Crippen LogP contribution in [0.3, 0.4) is 0 Å². The first-order chi connectivity index (χ1) is 12.3. The zero-order valence-electron chi connectivity index (χ0n) is 14.9. The van der Waals surface area contributed by atoms with E-state index in [1.54, 1.807) is 0 Å². The van der Waals surface area contributed by atoms with Gasteiger partial charge in [-0.3, -0.25) is 0 Å². The van der Waals surface area contributed by atoms with Gasteiger partial charge < -0.3 is 15.2 Å². The molecule has 3 rings (SSSR count). The van der Waals surface area contributed by atoms with Crippen molar-refractivity contribution in [2.45, 2.75) is 13.5 Å². The van der Waals surface area contributed by atoms with Crippen molar-refractivity contribution >= 4 is 12.4 Å². The van der Waals surface area contributed by atoms with E-state index in [9.17, 15) is 0 Å². The number of aryl methyl sites for hydroxylation is 1. The van der Waals surface area contributed by atoms with Crippen LogP contribution in [0, 0.1) is 6.92 Å². The molecule has 0 heterocycles. The zero-order chi connectivity index (χ0) is 17.5. The van der Waals surface area contributed by atoms with Gasteiger partial charge in [-0.1, -0.05) is 54.6 Å². The van der Waals surface area contributed by atoms with E-state index in [0.29, 0.717) is 19.8 Å². The maximum Gasteiger partial charge on any atom is 0.127 e. The Balaban J connectivity index is 0.00000243. The summed E-state index contributed by atoms with van der Waals surface area (Å²) in [5.41, 5.74) is 9.93. The predicted octanol–water partition coefficient (Wildman–Crippen LogP) is 5.00. The number of nitrogens with two attached hydrogens (primary N) is 1. The fourth-order valence-electron chi connectivity index (χ4n) is 2.71. The van der Waals surface area contributed by atoms with E-state index in [1.165, 1.54) is 0 Å². The monoisotopic (exact) mass is 369 g/mol. The van der Waals surface area contributed by atoms with Crippen LogP contribution in [0.2, 0.25) is 0 Å². The van der Waals surface area contributed by atoms with Crippen LogP contribution < -0.4 is 15.2 Å². The minimum Gasteiger partial charge on any atom is -0.492 e. The fourth-order valence-corrected chi connectivity index (χ4v) is 2.71. The molecule has 0 radical (unpaired) electrons. The minimum atomic E-state index is 0. The number of hydrogen-bond donors (Lipinski definition) is 1. The largest absolute Gasteiger partial charge is 0.492 e. The third kappa shape index (κ3) is 5.01. The van der Waals surface area contributed by atoms with Crippen LogP contribution in [0.25, 0.3) is 11.1 Å². The summed E-state index contributed by atoms with van der Waals surface area (Å²) in [6.45, 7) is 3.63. The Morgan fingerprint density at radius 3 is 2.27 bits per heavy atom. The highest BCUT2D eigenvalue weighted by Crippen LogP contribution is 2.33. The lowest BCUT2D eigenvalue weighted by Gasteiger charge is -2.14. The fraction of sp³-hybridized carbons (Fsp3) is 0.182. The number of ether oxygens (including phenoxy) is 2. The molecule has 0 fully saturated rings. The molecule has 0 saturated carbocycles. The molecule has 0 aliphatic carbocycles. The zero-order valence-corrected chi connectivity index (χ0v) is 15.7. The van der Waals surface area contributed by atoms with Crippen molar-refractivity contribution in [2.75, 3.05) is 13.2 Å². The van der Waals surface area contributed by atoms with Crippen molar-refractivity contribution in [3.8, 4) is 22.6 Å². The van der Waals surface area contributed by atoms with E-state index < -0.39 is 0 Å². The Labute approximate surface area is 161 Å². The second kappa shape index (κ2) is 9.85. The third-order valence-corrected chi connectivity index (χ3v) is 3.99. The molecule has 3 aromatic carbocycles. The summed E-state index contributed by atoms with van der Waals surface area (Å²) >= 11 is 0. The highest BCUT2D eigenvalue weighted by atomic mass is 35.5. The van der Waals surface area contributed by atoms with Gasteiger partial charge in [-0.2, -0.15) is 0 Å². The van der Waals surface area contributed by atoms with Gasteiger partial charge in [-0.15, -0.1) is 12.4 Å². The Morgan fingerprint density at radius 2 is 1.54 bits per heavy atom. The summed E-state index contributed by atoms with van der Waals surface area (Å²) < 4.78 is 11.7. The second-order valence-electron chi connectivity index (χ2n) is 5.89. The maximum absolute atomic E-state index is 6.06. The average molecular weight is 370 g/mol. The van der Waals surface area contributed by atoms with Gasteiger partial charge in [0.2, 0.25) is 0 Å². The molecule has 0 aliphatic heterocycles. The Morgan fingerprint density at radius 1 is 0.808 bits per heavy atom. The van der Waals surface area contributed by atoms with Crippen LogP contribution in [0.5, 0.6) is 11.5 Å². The summed E-state index contributed by atoms with van der Waals surface area (Å²) in [4.78, 5) is 0. The van der Waals surface area contributed by atoms with Crippen molar-refractivity contribution < 1.29 is 9.47 Å². The number of benzene rings is 3. The van der Waals surface area contributed by atoms with Gasteiger partial charge in [0, 0.05) is 12.1 Å². The molecule has 3 aromatic rings. The first kappa shape index (κ1) is 19.8. The summed E-state index contributed by atoms with van der Waals surface area (Å²) in [5, 5.41) is 0. The standard InChI is InChI=1S/C22H23NO2.ClH/c1-17-15-19(11-12-21(17)24-14-13-23)20-9-5-6-10-22(20)25-16-18-7-3-2-4-8-18;/h2-12,15H,13-14,16,23H2,1H3;1H. The second-order valence-corrected chi connectivity index (χ2v) is 5.89. The van der Waals surface area contributed by atoms with E-state index in [1.807, 2.05) is 49.4 Å². The SMILES string of the molecule is Cc1cc(-c2ccccc2OCc2ccccc2)ccc1OCCN.Cl. The maximum atomic E-state index is 6.06. The van der Waals surface area contributed by atoms with Crippen LogP contribution in [0.4, 0.5) is 0 Å². The van der Waals surface area contributed by atoms with E-state index in [4.69, 9.17) is 15.2 Å². The highest BCUT2D eigenvalue weighted by molar-refractivity contribution is 5.85. The summed E-state index contributed by atoms with van der Waals surface area (Å²) in [6, 6.07) is 24.5. The third-order valence-electron chi connectivity index (χ3n) is 3.99. The van der Waals surface area contributed by atoms with Crippen molar-refractivity contribution in [2.24, 2.45) is 5.73 Å². The first-order valence-electron chi connectivity index (χ1n) is 8.47. The van der Waals surface area contributed by atoms with Crippen molar-refractivity contribution in [3.63, 3.8) is 0 Å². The van der Waals surface area contributed by atoms with Gasteiger partial charge in [0.05, 0.1) is 0 Å². The highest BCUT2D eigenvalue weighted by Gasteiger charge is 2.08. The molecule has 0 unspecified atom stereocenters. The van der Waals surface area contributed by atoms with Gasteiger partial charge >= 0.3 is 0 Å². The van der Waals surface area contributed by atoms with Gasteiger partial charge in [0.15, 0.2) is 0 Å². The molecule has 3 nitrogen and oxygen atoms in total. The summed E-state index contributed by atoms with van der Waals surface area (Å²) in [7, 11) is 0. The molecular formula is C22H24ClNO2. The van der Waals surface area contributed by atoms with Crippen LogP contribution in [-0.2, 0) is 6.61 Å². The predicted molar refractivity (Wildman–Crippen MR) is 109 cm³/mol. The Hall–Kier alpha value is -2.49. The first-order valence-corrected chi connectivity index (χ1v) is 8.47. The quantitative estimate of drug-likeness (QED) is 0.637. The van der Waals surface area contributed by atoms with E-state index in [-0.39, 0.29) is 12.4 Å². The molecule has 4 heteroatoms. The number of hydrogen-bond acceptors (Lipinski definition) is 3. The molecule has 0 bridgehead atoms. The lowest BCUT2D eigenvalue weighted by Crippen LogP contribution is -2.11. The summed E-state index contributed by atoms with van der Waals surface area (Å²) in [5.74, 6) is 1.75. The molecule has 0 atom stereocenters. The minimum absolute atomic E-state index is 0. The normalized spacial score (nSPS) is 10.1. The van der Waals surface area contributed by atoms with Crippen molar-refractivity contribution in [3.05, 3.63) is 83.9 Å². The van der Waals surface area contributed by atoms with E-state index in [0.717, 1.165) is 33.8 Å². The van der Waals surface area contributed by atoms with E-state index >= 15 is 0 Å². The average Bonchev–Trinajstić information content (AvgIpc) is 2.66. The topological polar surface area (TPSA) is 44.5 Å². The lowest BCUT2D eigenvalue weighted by atomic mass is 10.0.